The van der Waals surface area contributed by atoms with Crippen LogP contribution in [0.5, 0.6) is 0 Å². The van der Waals surface area contributed by atoms with E-state index < -0.39 is 0 Å². The quantitative estimate of drug-likeness (QED) is 0.491. The zero-order chi connectivity index (χ0) is 22.5. The maximum absolute atomic E-state index is 13.0. The van der Waals surface area contributed by atoms with Gasteiger partial charge in [0, 0.05) is 53.4 Å². The van der Waals surface area contributed by atoms with Crippen molar-refractivity contribution < 1.29 is 4.79 Å². The number of hydrogen-bond donors (Lipinski definition) is 2. The number of nitrogens with zero attached hydrogens (tertiary/aromatic N) is 2. The summed E-state index contributed by atoms with van der Waals surface area (Å²) in [5, 5.41) is 4.79. The first kappa shape index (κ1) is 22.7. The average Bonchev–Trinajstić information content (AvgIpc) is 3.17. The number of aromatic nitrogens is 1. The Morgan fingerprint density at radius 2 is 1.88 bits per heavy atom. The number of anilines is 1. The zero-order valence-electron chi connectivity index (χ0n) is 19.1. The number of nitrogens with one attached hydrogen (secondary N) is 2. The summed E-state index contributed by atoms with van der Waals surface area (Å²) in [5.41, 5.74) is 5.10. The molecule has 1 amide bonds. The number of halogens is 1. The van der Waals surface area contributed by atoms with Crippen molar-refractivity contribution in [2.45, 2.75) is 39.2 Å². The second-order valence-corrected chi connectivity index (χ2v) is 9.16. The maximum Gasteiger partial charge on any atom is 0.268 e. The van der Waals surface area contributed by atoms with E-state index in [0.29, 0.717) is 23.8 Å². The van der Waals surface area contributed by atoms with Crippen LogP contribution in [0.2, 0.25) is 5.02 Å². The highest BCUT2D eigenvalue weighted by Gasteiger charge is 2.19. The second kappa shape index (κ2) is 10.4. The highest BCUT2D eigenvalue weighted by Crippen LogP contribution is 2.27. The van der Waals surface area contributed by atoms with Crippen LogP contribution in [0.3, 0.4) is 0 Å². The van der Waals surface area contributed by atoms with Gasteiger partial charge in [0.05, 0.1) is 0 Å². The fourth-order valence-electron chi connectivity index (χ4n) is 4.39. The van der Waals surface area contributed by atoms with Crippen molar-refractivity contribution in [2.75, 3.05) is 38.1 Å². The topological polar surface area (TPSA) is 51.4 Å². The summed E-state index contributed by atoms with van der Waals surface area (Å²) in [6.45, 7) is 6.61. The molecule has 0 bridgehead atoms. The fourth-order valence-corrected chi connectivity index (χ4v) is 4.57. The average molecular weight is 453 g/mol. The Hall–Kier alpha value is -2.50. The monoisotopic (exact) mass is 452 g/mol. The Labute approximate surface area is 195 Å². The van der Waals surface area contributed by atoms with Crippen LogP contribution in [0, 0.1) is 0 Å². The van der Waals surface area contributed by atoms with Gasteiger partial charge in [-0.3, -0.25) is 4.79 Å². The van der Waals surface area contributed by atoms with Crippen molar-refractivity contribution in [3.8, 4) is 0 Å². The smallest absolute Gasteiger partial charge is 0.268 e. The Balaban J connectivity index is 1.41. The molecular formula is C26H33ClN4O. The van der Waals surface area contributed by atoms with Gasteiger partial charge >= 0.3 is 0 Å². The highest BCUT2D eigenvalue weighted by molar-refractivity contribution is 6.31. The fraction of sp³-hybridized carbons (Fsp3) is 0.423. The SMILES string of the molecule is CCN(C)Cc1c(C(=O)NCCc2ccc(N3CCCCC3)cc2)[nH]c2ccc(Cl)cc12. The van der Waals surface area contributed by atoms with Gasteiger partial charge in [0.1, 0.15) is 5.69 Å². The lowest BCUT2D eigenvalue weighted by Gasteiger charge is -2.28. The van der Waals surface area contributed by atoms with Crippen LogP contribution in [0.15, 0.2) is 42.5 Å². The van der Waals surface area contributed by atoms with Crippen LogP contribution in [0.25, 0.3) is 10.9 Å². The molecule has 32 heavy (non-hydrogen) atoms. The molecule has 170 valence electrons. The molecule has 1 aromatic heterocycles. The van der Waals surface area contributed by atoms with Crippen LogP contribution < -0.4 is 10.2 Å². The number of carbonyl (C=O) groups excluding carboxylic acids is 1. The molecule has 1 aliphatic heterocycles. The lowest BCUT2D eigenvalue weighted by Crippen LogP contribution is -2.29. The molecule has 3 aromatic rings. The van der Waals surface area contributed by atoms with E-state index >= 15 is 0 Å². The van der Waals surface area contributed by atoms with Gasteiger partial charge in [-0.25, -0.2) is 0 Å². The van der Waals surface area contributed by atoms with Crippen LogP contribution in [0.4, 0.5) is 5.69 Å². The standard InChI is InChI=1S/C26H33ClN4O/c1-3-30(2)18-23-22-17-20(27)9-12-24(22)29-25(23)26(32)28-14-13-19-7-10-21(11-8-19)31-15-5-4-6-16-31/h7-12,17,29H,3-6,13-16,18H2,1-2H3,(H,28,32). The Bertz CT molecular complexity index is 1050. The van der Waals surface area contributed by atoms with Crippen LogP contribution in [0.1, 0.15) is 47.8 Å². The second-order valence-electron chi connectivity index (χ2n) is 8.72. The van der Waals surface area contributed by atoms with E-state index in [9.17, 15) is 4.79 Å². The molecule has 4 rings (SSSR count). The van der Waals surface area contributed by atoms with Crippen molar-refractivity contribution in [3.05, 3.63) is 64.3 Å². The third kappa shape index (κ3) is 5.28. The van der Waals surface area contributed by atoms with Crippen LogP contribution >= 0.6 is 11.6 Å². The zero-order valence-corrected chi connectivity index (χ0v) is 19.8. The number of rotatable bonds is 8. The third-order valence-corrected chi connectivity index (χ3v) is 6.65. The van der Waals surface area contributed by atoms with Gasteiger partial charge in [-0.05, 0) is 75.2 Å². The summed E-state index contributed by atoms with van der Waals surface area (Å²) >= 11 is 6.23. The number of H-pyrrole nitrogens is 1. The molecule has 1 saturated heterocycles. The molecule has 0 saturated carbocycles. The van der Waals surface area contributed by atoms with Crippen molar-refractivity contribution in [1.82, 2.24) is 15.2 Å². The maximum atomic E-state index is 13.0. The minimum Gasteiger partial charge on any atom is -0.372 e. The molecule has 0 unspecified atom stereocenters. The summed E-state index contributed by atoms with van der Waals surface area (Å²) in [7, 11) is 2.05. The summed E-state index contributed by atoms with van der Waals surface area (Å²) in [5.74, 6) is -0.0678. The Kier molecular flexibility index (Phi) is 7.38. The van der Waals surface area contributed by atoms with E-state index in [1.54, 1.807) is 0 Å². The summed E-state index contributed by atoms with van der Waals surface area (Å²) in [6, 6.07) is 14.5. The first-order valence-corrected chi connectivity index (χ1v) is 12.0. The molecule has 1 aliphatic rings. The van der Waals surface area contributed by atoms with Gasteiger partial charge < -0.3 is 20.1 Å². The number of aromatic amines is 1. The number of amides is 1. The number of benzene rings is 2. The van der Waals surface area contributed by atoms with Crippen molar-refractivity contribution in [3.63, 3.8) is 0 Å². The minimum atomic E-state index is -0.0678. The molecule has 2 N–H and O–H groups in total. The van der Waals surface area contributed by atoms with E-state index in [1.165, 1.54) is 30.5 Å². The van der Waals surface area contributed by atoms with Crippen LogP contribution in [-0.4, -0.2) is 49.0 Å². The van der Waals surface area contributed by atoms with E-state index in [2.05, 4.69) is 58.3 Å². The Morgan fingerprint density at radius 3 is 2.59 bits per heavy atom. The van der Waals surface area contributed by atoms with E-state index in [1.807, 2.05) is 18.2 Å². The molecule has 0 spiro atoms. The molecule has 0 radical (unpaired) electrons. The lowest BCUT2D eigenvalue weighted by molar-refractivity contribution is 0.0948. The molecule has 0 atom stereocenters. The van der Waals surface area contributed by atoms with Gasteiger partial charge in [0.25, 0.3) is 5.91 Å². The summed E-state index contributed by atoms with van der Waals surface area (Å²) < 4.78 is 0. The van der Waals surface area contributed by atoms with Gasteiger partial charge in [0.15, 0.2) is 0 Å². The summed E-state index contributed by atoms with van der Waals surface area (Å²) in [4.78, 5) is 21.0. The molecule has 2 aromatic carbocycles. The van der Waals surface area contributed by atoms with Crippen molar-refractivity contribution in [1.29, 1.82) is 0 Å². The molecule has 5 nitrogen and oxygen atoms in total. The first-order chi connectivity index (χ1) is 15.5. The van der Waals surface area contributed by atoms with E-state index in [-0.39, 0.29) is 5.91 Å². The van der Waals surface area contributed by atoms with Crippen LogP contribution in [-0.2, 0) is 13.0 Å². The number of fused-ring (bicyclic) bond motifs is 1. The minimum absolute atomic E-state index is 0.0678. The highest BCUT2D eigenvalue weighted by atomic mass is 35.5. The van der Waals surface area contributed by atoms with Gasteiger partial charge in [-0.2, -0.15) is 0 Å². The normalized spacial score (nSPS) is 14.3. The largest absolute Gasteiger partial charge is 0.372 e. The van der Waals surface area contributed by atoms with Crippen molar-refractivity contribution in [2.24, 2.45) is 0 Å². The lowest BCUT2D eigenvalue weighted by atomic mass is 10.1. The molecule has 0 aliphatic carbocycles. The molecule has 6 heteroatoms. The van der Waals surface area contributed by atoms with E-state index in [4.69, 9.17) is 11.6 Å². The number of hydrogen-bond acceptors (Lipinski definition) is 3. The molecular weight excluding hydrogens is 420 g/mol. The number of piperidine rings is 1. The van der Waals surface area contributed by atoms with Crippen molar-refractivity contribution >= 4 is 34.1 Å². The predicted molar refractivity (Wildman–Crippen MR) is 134 cm³/mol. The molecule has 2 heterocycles. The number of carbonyl (C=O) groups is 1. The van der Waals surface area contributed by atoms with Gasteiger partial charge in [-0.1, -0.05) is 30.7 Å². The van der Waals surface area contributed by atoms with E-state index in [0.717, 1.165) is 42.5 Å². The predicted octanol–water partition coefficient (Wildman–Crippen LogP) is 5.24. The van der Waals surface area contributed by atoms with Gasteiger partial charge in [0.2, 0.25) is 0 Å². The first-order valence-electron chi connectivity index (χ1n) is 11.7. The third-order valence-electron chi connectivity index (χ3n) is 6.42. The van der Waals surface area contributed by atoms with Gasteiger partial charge in [-0.15, -0.1) is 0 Å². The Morgan fingerprint density at radius 1 is 1.12 bits per heavy atom. The molecule has 1 fully saturated rings. The summed E-state index contributed by atoms with van der Waals surface area (Å²) in [6.07, 6.45) is 4.71.